The fourth-order valence-electron chi connectivity index (χ4n) is 5.20. The Labute approximate surface area is 243 Å². The molecular weight excluding hydrogens is 552 g/mol. The maximum absolute atomic E-state index is 13.6. The maximum atomic E-state index is 13.6. The smallest absolute Gasteiger partial charge is 0.238 e. The first-order valence-corrected chi connectivity index (χ1v) is 13.7. The van der Waals surface area contributed by atoms with Crippen molar-refractivity contribution in [3.63, 3.8) is 0 Å². The number of piperazine rings is 1. The molecule has 0 aliphatic carbocycles. The third-order valence-electron chi connectivity index (χ3n) is 7.35. The zero-order valence-electron chi connectivity index (χ0n) is 22.8. The summed E-state index contributed by atoms with van der Waals surface area (Å²) in [5.74, 6) is -1.07. The number of anilines is 2. The third kappa shape index (κ3) is 7.93. The van der Waals surface area contributed by atoms with E-state index in [-0.39, 0.29) is 30.0 Å². The van der Waals surface area contributed by atoms with Crippen molar-refractivity contribution in [1.82, 2.24) is 9.80 Å². The van der Waals surface area contributed by atoms with Crippen LogP contribution in [0.15, 0.2) is 60.7 Å². The minimum absolute atomic E-state index is 0.0555. The average molecular weight is 586 g/mol. The van der Waals surface area contributed by atoms with E-state index < -0.39 is 11.9 Å². The Bertz CT molecular complexity index is 1310. The molecule has 1 aliphatic rings. The summed E-state index contributed by atoms with van der Waals surface area (Å²) in [7, 11) is 1.47. The molecular formula is C30H34ClF2N5O3. The molecule has 0 bridgehead atoms. The van der Waals surface area contributed by atoms with Crippen LogP contribution in [0.5, 0.6) is 5.75 Å². The summed E-state index contributed by atoms with van der Waals surface area (Å²) in [5.41, 5.74) is 14.2. The molecule has 0 saturated carbocycles. The second-order valence-electron chi connectivity index (χ2n) is 10.1. The number of ether oxygens (including phenoxy) is 1. The highest BCUT2D eigenvalue weighted by Gasteiger charge is 2.31. The zero-order valence-corrected chi connectivity index (χ0v) is 23.5. The number of nitrogens with one attached hydrogen (secondary N) is 1. The molecule has 1 aliphatic heterocycles. The topological polar surface area (TPSA) is 114 Å². The van der Waals surface area contributed by atoms with Crippen LogP contribution in [-0.4, -0.2) is 67.5 Å². The summed E-state index contributed by atoms with van der Waals surface area (Å²) < 4.78 is 32.4. The summed E-state index contributed by atoms with van der Waals surface area (Å²) in [6.07, 6.45) is 1.43. The van der Waals surface area contributed by atoms with Crippen LogP contribution in [0.3, 0.4) is 0 Å². The number of halogens is 3. The van der Waals surface area contributed by atoms with Crippen molar-refractivity contribution in [3.8, 4) is 5.75 Å². The van der Waals surface area contributed by atoms with Gasteiger partial charge in [0.1, 0.15) is 23.4 Å². The molecule has 1 saturated heterocycles. The van der Waals surface area contributed by atoms with Gasteiger partial charge in [-0.15, -0.1) is 0 Å². The molecule has 1 unspecified atom stereocenters. The summed E-state index contributed by atoms with van der Waals surface area (Å²) in [6, 6.07) is 15.2. The molecule has 0 spiro atoms. The quantitative estimate of drug-likeness (QED) is 0.290. The number of hydrogen-bond donors (Lipinski definition) is 3. The normalized spacial score (nSPS) is 16.1. The van der Waals surface area contributed by atoms with Crippen LogP contribution >= 0.6 is 11.6 Å². The van der Waals surface area contributed by atoms with Gasteiger partial charge in [0, 0.05) is 31.6 Å². The van der Waals surface area contributed by atoms with E-state index in [1.54, 1.807) is 24.3 Å². The Morgan fingerprint density at radius 2 is 1.66 bits per heavy atom. The number of benzene rings is 3. The van der Waals surface area contributed by atoms with E-state index in [9.17, 15) is 18.4 Å². The van der Waals surface area contributed by atoms with Gasteiger partial charge in [-0.3, -0.25) is 19.4 Å². The van der Waals surface area contributed by atoms with E-state index in [4.69, 9.17) is 27.8 Å². The number of methoxy groups -OCH3 is 1. The summed E-state index contributed by atoms with van der Waals surface area (Å²) in [5, 5.41) is 3.09. The molecule has 4 rings (SSSR count). The number of primary amides is 1. The lowest BCUT2D eigenvalue weighted by molar-refractivity contribution is -0.127. The van der Waals surface area contributed by atoms with Crippen molar-refractivity contribution < 1.29 is 23.1 Å². The molecule has 5 N–H and O–H groups in total. The monoisotopic (exact) mass is 585 g/mol. The summed E-state index contributed by atoms with van der Waals surface area (Å²) >= 11 is 6.10. The second-order valence-corrected chi connectivity index (χ2v) is 10.5. The Morgan fingerprint density at radius 1 is 1.05 bits per heavy atom. The fourth-order valence-corrected chi connectivity index (χ4v) is 5.36. The van der Waals surface area contributed by atoms with Crippen LogP contribution in [0.2, 0.25) is 5.02 Å². The Hall–Kier alpha value is -3.73. The highest BCUT2D eigenvalue weighted by molar-refractivity contribution is 6.33. The third-order valence-corrected chi connectivity index (χ3v) is 7.67. The average Bonchev–Trinajstić information content (AvgIpc) is 2.94. The number of hydrogen-bond acceptors (Lipinski definition) is 6. The van der Waals surface area contributed by atoms with Crippen LogP contribution in [0.4, 0.5) is 20.2 Å². The van der Waals surface area contributed by atoms with Crippen molar-refractivity contribution in [2.24, 2.45) is 5.73 Å². The van der Waals surface area contributed by atoms with E-state index in [1.807, 2.05) is 9.80 Å². The second kappa shape index (κ2) is 13.8. The van der Waals surface area contributed by atoms with Gasteiger partial charge in [0.2, 0.25) is 11.8 Å². The molecule has 218 valence electrons. The van der Waals surface area contributed by atoms with Gasteiger partial charge in [-0.05, 0) is 60.8 Å². The van der Waals surface area contributed by atoms with Crippen molar-refractivity contribution in [2.45, 2.75) is 24.8 Å². The number of carbonyl (C=O) groups is 2. The summed E-state index contributed by atoms with van der Waals surface area (Å²) in [6.45, 7) is 2.08. The SMILES string of the molecule is COc1cc(N)c(Cl)cc1NC(=O)CN1CCN(CCCC(c2ccc(F)cc2)c2ccc(F)cc2)C(C(N)=O)C1. The van der Waals surface area contributed by atoms with E-state index in [1.165, 1.54) is 43.5 Å². The number of rotatable bonds is 11. The molecule has 41 heavy (non-hydrogen) atoms. The number of amides is 2. The molecule has 1 heterocycles. The largest absolute Gasteiger partial charge is 0.494 e. The van der Waals surface area contributed by atoms with Crippen molar-refractivity contribution >= 4 is 34.8 Å². The van der Waals surface area contributed by atoms with E-state index in [0.717, 1.165) is 17.5 Å². The Kier molecular flexibility index (Phi) is 10.1. The number of nitrogens with zero attached hydrogens (tertiary/aromatic N) is 2. The minimum atomic E-state index is -0.563. The minimum Gasteiger partial charge on any atom is -0.494 e. The van der Waals surface area contributed by atoms with Gasteiger partial charge >= 0.3 is 0 Å². The predicted octanol–water partition coefficient (Wildman–Crippen LogP) is 4.23. The van der Waals surface area contributed by atoms with Gasteiger partial charge in [-0.1, -0.05) is 35.9 Å². The van der Waals surface area contributed by atoms with E-state index >= 15 is 0 Å². The van der Waals surface area contributed by atoms with E-state index in [0.29, 0.717) is 54.7 Å². The van der Waals surface area contributed by atoms with Crippen molar-refractivity contribution in [3.05, 3.63) is 88.4 Å². The lowest BCUT2D eigenvalue weighted by atomic mass is 9.87. The lowest BCUT2D eigenvalue weighted by Gasteiger charge is -2.39. The van der Waals surface area contributed by atoms with Gasteiger partial charge in [0.05, 0.1) is 30.1 Å². The van der Waals surface area contributed by atoms with Gasteiger partial charge in [-0.25, -0.2) is 8.78 Å². The first kappa shape index (κ1) is 30.2. The molecule has 1 fully saturated rings. The highest BCUT2D eigenvalue weighted by atomic mass is 35.5. The van der Waals surface area contributed by atoms with Crippen molar-refractivity contribution in [2.75, 3.05) is 50.9 Å². The molecule has 3 aromatic rings. The van der Waals surface area contributed by atoms with Crippen LogP contribution in [0, 0.1) is 11.6 Å². The van der Waals surface area contributed by atoms with Crippen LogP contribution < -0.4 is 21.5 Å². The van der Waals surface area contributed by atoms with Gasteiger partial charge in [-0.2, -0.15) is 0 Å². The Balaban J connectivity index is 1.36. The van der Waals surface area contributed by atoms with Crippen LogP contribution in [-0.2, 0) is 9.59 Å². The maximum Gasteiger partial charge on any atom is 0.238 e. The number of nitrogens with two attached hydrogens (primary N) is 2. The van der Waals surface area contributed by atoms with Gasteiger partial charge in [0.15, 0.2) is 0 Å². The summed E-state index contributed by atoms with van der Waals surface area (Å²) in [4.78, 5) is 29.1. The first-order valence-electron chi connectivity index (χ1n) is 13.3. The van der Waals surface area contributed by atoms with Gasteiger partial charge < -0.3 is 21.5 Å². The predicted molar refractivity (Wildman–Crippen MR) is 156 cm³/mol. The molecule has 8 nitrogen and oxygen atoms in total. The molecule has 1 atom stereocenters. The fraction of sp³-hybridized carbons (Fsp3) is 0.333. The van der Waals surface area contributed by atoms with Crippen molar-refractivity contribution in [1.29, 1.82) is 0 Å². The lowest BCUT2D eigenvalue weighted by Crippen LogP contribution is -2.59. The molecule has 0 aromatic heterocycles. The number of nitrogen functional groups attached to an aromatic ring is 1. The molecule has 0 radical (unpaired) electrons. The molecule has 3 aromatic carbocycles. The standard InChI is InChI=1S/C30H34ClF2N5O3/c1-41-28-16-25(34)24(31)15-26(28)36-29(39)18-37-13-14-38(27(17-37)30(35)40)12-2-3-23(19-4-8-21(32)9-5-19)20-6-10-22(33)11-7-20/h4-11,15-16,23,27H,2-3,12-14,17-18,34H2,1H3,(H2,35,40)(H,36,39). The van der Waals surface area contributed by atoms with Crippen LogP contribution in [0.25, 0.3) is 0 Å². The number of carbonyl (C=O) groups excluding carboxylic acids is 2. The zero-order chi connectivity index (χ0) is 29.5. The highest BCUT2D eigenvalue weighted by Crippen LogP contribution is 2.33. The first-order chi connectivity index (χ1) is 19.6. The molecule has 2 amide bonds. The van der Waals surface area contributed by atoms with Gasteiger partial charge in [0.25, 0.3) is 0 Å². The Morgan fingerprint density at radius 3 is 2.22 bits per heavy atom. The molecule has 11 heteroatoms. The van der Waals surface area contributed by atoms with E-state index in [2.05, 4.69) is 5.32 Å². The van der Waals surface area contributed by atoms with Crippen LogP contribution in [0.1, 0.15) is 29.9 Å².